The Kier molecular flexibility index (Phi) is 3.38. The molecule has 2 aromatic rings. The van der Waals surface area contributed by atoms with Gasteiger partial charge in [-0.15, -0.1) is 11.6 Å². The summed E-state index contributed by atoms with van der Waals surface area (Å²) in [6.45, 7) is 1.66. The van der Waals surface area contributed by atoms with Crippen molar-refractivity contribution in [2.45, 2.75) is 18.7 Å². The van der Waals surface area contributed by atoms with E-state index in [2.05, 4.69) is 0 Å². The summed E-state index contributed by atoms with van der Waals surface area (Å²) in [7, 11) is 1.59. The number of carbonyl (C=O) groups is 1. The lowest BCUT2D eigenvalue weighted by Crippen LogP contribution is -2.12. The number of Topliss-reactive ketones (excluding diaryl/α,β-unsaturated/α-hetero) is 1. The van der Waals surface area contributed by atoms with Crippen molar-refractivity contribution >= 4 is 28.4 Å². The van der Waals surface area contributed by atoms with E-state index in [9.17, 15) is 4.79 Å². The highest BCUT2D eigenvalue weighted by atomic mass is 35.5. The number of para-hydroxylation sites is 1. The van der Waals surface area contributed by atoms with Crippen LogP contribution in [0.15, 0.2) is 28.7 Å². The van der Waals surface area contributed by atoms with Crippen LogP contribution in [0.2, 0.25) is 0 Å². The standard InChI is InChI=1S/C13H13ClO3/c1-8(14)11(15)7-10-6-9-4-3-5-12(16-2)13(9)17-10/h3-6,8H,7H2,1-2H3. The third kappa shape index (κ3) is 2.44. The zero-order chi connectivity index (χ0) is 12.4. The highest BCUT2D eigenvalue weighted by molar-refractivity contribution is 6.30. The first-order valence-corrected chi connectivity index (χ1v) is 5.77. The van der Waals surface area contributed by atoms with Crippen molar-refractivity contribution in [1.82, 2.24) is 0 Å². The monoisotopic (exact) mass is 252 g/mol. The fourth-order valence-electron chi connectivity index (χ4n) is 1.65. The maximum Gasteiger partial charge on any atom is 0.176 e. The molecule has 0 amide bonds. The number of halogens is 1. The van der Waals surface area contributed by atoms with Gasteiger partial charge in [-0.25, -0.2) is 0 Å². The summed E-state index contributed by atoms with van der Waals surface area (Å²) in [4.78, 5) is 11.5. The van der Waals surface area contributed by atoms with E-state index < -0.39 is 5.38 Å². The molecule has 0 aliphatic carbocycles. The summed E-state index contributed by atoms with van der Waals surface area (Å²) in [5, 5.41) is 0.430. The van der Waals surface area contributed by atoms with Crippen LogP contribution in [-0.2, 0) is 11.2 Å². The van der Waals surface area contributed by atoms with E-state index in [0.717, 1.165) is 5.39 Å². The van der Waals surface area contributed by atoms with E-state index in [1.165, 1.54) is 0 Å². The van der Waals surface area contributed by atoms with Gasteiger partial charge in [-0.05, 0) is 19.1 Å². The van der Waals surface area contributed by atoms with E-state index in [1.807, 2.05) is 24.3 Å². The highest BCUT2D eigenvalue weighted by Gasteiger charge is 2.14. The molecule has 0 bridgehead atoms. The molecule has 4 heteroatoms. The van der Waals surface area contributed by atoms with Gasteiger partial charge in [-0.2, -0.15) is 0 Å². The van der Waals surface area contributed by atoms with E-state index in [0.29, 0.717) is 17.1 Å². The van der Waals surface area contributed by atoms with Crippen molar-refractivity contribution in [3.63, 3.8) is 0 Å². The Hall–Kier alpha value is -1.48. The Balaban J connectivity index is 2.35. The normalized spacial score (nSPS) is 12.6. The van der Waals surface area contributed by atoms with Gasteiger partial charge < -0.3 is 9.15 Å². The molecule has 90 valence electrons. The minimum atomic E-state index is -0.495. The molecular weight excluding hydrogens is 240 g/mol. The molecule has 1 atom stereocenters. The summed E-state index contributed by atoms with van der Waals surface area (Å²) in [6, 6.07) is 7.46. The summed E-state index contributed by atoms with van der Waals surface area (Å²) >= 11 is 5.72. The summed E-state index contributed by atoms with van der Waals surface area (Å²) in [5.41, 5.74) is 0.667. The highest BCUT2D eigenvalue weighted by Crippen LogP contribution is 2.28. The SMILES string of the molecule is COc1cccc2cc(CC(=O)C(C)Cl)oc12. The lowest BCUT2D eigenvalue weighted by molar-refractivity contribution is -0.118. The molecule has 0 aliphatic rings. The van der Waals surface area contributed by atoms with E-state index in [-0.39, 0.29) is 12.2 Å². The van der Waals surface area contributed by atoms with Gasteiger partial charge in [0.1, 0.15) is 5.76 Å². The zero-order valence-corrected chi connectivity index (χ0v) is 10.5. The van der Waals surface area contributed by atoms with Gasteiger partial charge in [0.15, 0.2) is 17.1 Å². The van der Waals surface area contributed by atoms with Crippen LogP contribution in [0, 0.1) is 0 Å². The summed E-state index contributed by atoms with van der Waals surface area (Å²) in [5.74, 6) is 1.23. The number of ketones is 1. The molecule has 0 spiro atoms. The Labute approximate surface area is 104 Å². The first-order chi connectivity index (χ1) is 8.11. The number of hydrogen-bond acceptors (Lipinski definition) is 3. The van der Waals surface area contributed by atoms with Crippen molar-refractivity contribution in [3.05, 3.63) is 30.0 Å². The van der Waals surface area contributed by atoms with Crippen molar-refractivity contribution in [2.75, 3.05) is 7.11 Å². The van der Waals surface area contributed by atoms with Crippen molar-refractivity contribution in [1.29, 1.82) is 0 Å². The minimum Gasteiger partial charge on any atom is -0.493 e. The van der Waals surface area contributed by atoms with Crippen LogP contribution in [0.25, 0.3) is 11.0 Å². The number of furan rings is 1. The average Bonchev–Trinajstić information content (AvgIpc) is 2.70. The third-order valence-electron chi connectivity index (χ3n) is 2.57. The number of benzene rings is 1. The van der Waals surface area contributed by atoms with Gasteiger partial charge in [-0.1, -0.05) is 12.1 Å². The van der Waals surface area contributed by atoms with Gasteiger partial charge in [0.25, 0.3) is 0 Å². The number of carbonyl (C=O) groups excluding carboxylic acids is 1. The van der Waals surface area contributed by atoms with Crippen LogP contribution in [0.3, 0.4) is 0 Å². The number of methoxy groups -OCH3 is 1. The molecule has 0 radical (unpaired) electrons. The number of hydrogen-bond donors (Lipinski definition) is 0. The Morgan fingerprint density at radius 2 is 2.29 bits per heavy atom. The molecular formula is C13H13ClO3. The summed E-state index contributed by atoms with van der Waals surface area (Å²) in [6.07, 6.45) is 0.211. The molecule has 0 saturated heterocycles. The topological polar surface area (TPSA) is 39.4 Å². The zero-order valence-electron chi connectivity index (χ0n) is 9.70. The minimum absolute atomic E-state index is 0.0512. The Morgan fingerprint density at radius 1 is 1.53 bits per heavy atom. The smallest absolute Gasteiger partial charge is 0.176 e. The Bertz CT molecular complexity index is 543. The lowest BCUT2D eigenvalue weighted by atomic mass is 10.2. The molecule has 0 fully saturated rings. The third-order valence-corrected chi connectivity index (χ3v) is 2.81. The van der Waals surface area contributed by atoms with E-state index in [1.54, 1.807) is 14.0 Å². The predicted molar refractivity (Wildman–Crippen MR) is 66.8 cm³/mol. The molecule has 1 aromatic carbocycles. The second-order valence-corrected chi connectivity index (χ2v) is 4.51. The molecule has 17 heavy (non-hydrogen) atoms. The van der Waals surface area contributed by atoms with Gasteiger partial charge in [0.2, 0.25) is 0 Å². The molecule has 1 heterocycles. The van der Waals surface area contributed by atoms with E-state index >= 15 is 0 Å². The van der Waals surface area contributed by atoms with Gasteiger partial charge in [0.05, 0.1) is 18.9 Å². The number of fused-ring (bicyclic) bond motifs is 1. The van der Waals surface area contributed by atoms with Crippen LogP contribution in [0.1, 0.15) is 12.7 Å². The fraction of sp³-hybridized carbons (Fsp3) is 0.308. The van der Waals surface area contributed by atoms with Gasteiger partial charge in [-0.3, -0.25) is 4.79 Å². The second-order valence-electron chi connectivity index (χ2n) is 3.85. The number of alkyl halides is 1. The number of ether oxygens (including phenoxy) is 1. The molecule has 0 N–H and O–H groups in total. The Morgan fingerprint density at radius 3 is 2.94 bits per heavy atom. The molecule has 2 rings (SSSR count). The largest absolute Gasteiger partial charge is 0.493 e. The predicted octanol–water partition coefficient (Wildman–Crippen LogP) is 3.18. The van der Waals surface area contributed by atoms with Gasteiger partial charge >= 0.3 is 0 Å². The quantitative estimate of drug-likeness (QED) is 0.785. The molecule has 1 unspecified atom stereocenters. The lowest BCUT2D eigenvalue weighted by Gasteiger charge is -1.99. The first-order valence-electron chi connectivity index (χ1n) is 5.34. The van der Waals surface area contributed by atoms with Crippen molar-refractivity contribution in [2.24, 2.45) is 0 Å². The van der Waals surface area contributed by atoms with Crippen LogP contribution in [0.5, 0.6) is 5.75 Å². The molecule has 0 saturated carbocycles. The molecule has 0 aliphatic heterocycles. The second kappa shape index (κ2) is 4.80. The number of rotatable bonds is 4. The fourth-order valence-corrected chi connectivity index (χ4v) is 1.73. The average molecular weight is 253 g/mol. The van der Waals surface area contributed by atoms with Crippen molar-refractivity contribution < 1.29 is 13.9 Å². The maximum atomic E-state index is 11.5. The van der Waals surface area contributed by atoms with E-state index in [4.69, 9.17) is 20.8 Å². The van der Waals surface area contributed by atoms with Crippen LogP contribution in [0.4, 0.5) is 0 Å². The van der Waals surface area contributed by atoms with Crippen LogP contribution < -0.4 is 4.74 Å². The summed E-state index contributed by atoms with van der Waals surface area (Å²) < 4.78 is 10.8. The first kappa shape index (κ1) is 12.0. The van der Waals surface area contributed by atoms with Crippen LogP contribution >= 0.6 is 11.6 Å². The van der Waals surface area contributed by atoms with Gasteiger partial charge in [0, 0.05) is 5.39 Å². The van der Waals surface area contributed by atoms with Crippen molar-refractivity contribution in [3.8, 4) is 5.75 Å². The molecule has 1 aromatic heterocycles. The van der Waals surface area contributed by atoms with Crippen LogP contribution in [-0.4, -0.2) is 18.3 Å². The molecule has 3 nitrogen and oxygen atoms in total. The maximum absolute atomic E-state index is 11.5.